The molecule has 4 N–H and O–H groups in total. The third-order valence-electron chi connectivity index (χ3n) is 2.30. The Morgan fingerprint density at radius 3 is 2.81 bits per heavy atom. The van der Waals surface area contributed by atoms with E-state index in [0.29, 0.717) is 24.2 Å². The van der Waals surface area contributed by atoms with Gasteiger partial charge in [-0.1, -0.05) is 0 Å². The van der Waals surface area contributed by atoms with Crippen molar-refractivity contribution in [2.75, 3.05) is 24.2 Å². The fraction of sp³-hybridized carbons (Fsp3) is 0.273. The molecule has 1 amide bonds. The predicted molar refractivity (Wildman–Crippen MR) is 62.9 cm³/mol. The van der Waals surface area contributed by atoms with E-state index in [-0.39, 0.29) is 0 Å². The zero-order valence-electron chi connectivity index (χ0n) is 9.10. The van der Waals surface area contributed by atoms with Crippen LogP contribution in [0, 0.1) is 11.3 Å². The van der Waals surface area contributed by atoms with Crippen LogP contribution in [0.5, 0.6) is 0 Å². The molecule has 0 heterocycles. The van der Waals surface area contributed by atoms with Crippen LogP contribution in [0.15, 0.2) is 18.2 Å². The van der Waals surface area contributed by atoms with Crippen LogP contribution in [0.2, 0.25) is 0 Å². The molecule has 0 aromatic heterocycles. The van der Waals surface area contributed by atoms with Gasteiger partial charge in [-0.05, 0) is 18.2 Å². The Morgan fingerprint density at radius 2 is 2.25 bits per heavy atom. The number of benzene rings is 1. The monoisotopic (exact) mass is 218 g/mol. The van der Waals surface area contributed by atoms with E-state index in [9.17, 15) is 4.79 Å². The topological polar surface area (TPSA) is 96.1 Å². The Kier molecular flexibility index (Phi) is 3.72. The van der Waals surface area contributed by atoms with Gasteiger partial charge in [0.05, 0.1) is 18.1 Å². The van der Waals surface area contributed by atoms with Crippen molar-refractivity contribution >= 4 is 17.3 Å². The smallest absolute Gasteiger partial charge is 0.250 e. The van der Waals surface area contributed by atoms with E-state index in [2.05, 4.69) is 6.07 Å². The normalized spacial score (nSPS) is 9.50. The van der Waals surface area contributed by atoms with Crippen LogP contribution in [0.4, 0.5) is 11.4 Å². The molecular weight excluding hydrogens is 204 g/mol. The van der Waals surface area contributed by atoms with E-state index >= 15 is 0 Å². The molecule has 1 rings (SSSR count). The van der Waals surface area contributed by atoms with E-state index in [1.54, 1.807) is 18.2 Å². The maximum Gasteiger partial charge on any atom is 0.250 e. The van der Waals surface area contributed by atoms with Gasteiger partial charge < -0.3 is 16.4 Å². The van der Waals surface area contributed by atoms with Gasteiger partial charge in [0.2, 0.25) is 0 Å². The van der Waals surface area contributed by atoms with Crippen LogP contribution >= 0.6 is 0 Å². The van der Waals surface area contributed by atoms with Crippen molar-refractivity contribution in [3.05, 3.63) is 23.8 Å². The number of nitrogens with two attached hydrogens (primary N) is 2. The fourth-order valence-corrected chi connectivity index (χ4v) is 1.34. The lowest BCUT2D eigenvalue weighted by Crippen LogP contribution is -2.20. The summed E-state index contributed by atoms with van der Waals surface area (Å²) < 4.78 is 0. The van der Waals surface area contributed by atoms with Crippen molar-refractivity contribution in [1.29, 1.82) is 5.26 Å². The standard InChI is InChI=1S/C11H14N4O/c1-15(6-2-5-12)8-3-4-10(13)9(7-8)11(14)16/h3-4,7H,2,6,13H2,1H3,(H2,14,16). The minimum absolute atomic E-state index is 0.307. The molecule has 0 atom stereocenters. The second-order valence-electron chi connectivity index (χ2n) is 3.47. The van der Waals surface area contributed by atoms with Crippen molar-refractivity contribution < 1.29 is 4.79 Å². The number of carbonyl (C=O) groups excluding carboxylic acids is 1. The molecule has 84 valence electrons. The van der Waals surface area contributed by atoms with E-state index in [1.165, 1.54) is 0 Å². The molecule has 0 bridgehead atoms. The zero-order chi connectivity index (χ0) is 12.1. The quantitative estimate of drug-likeness (QED) is 0.727. The highest BCUT2D eigenvalue weighted by molar-refractivity contribution is 5.99. The Labute approximate surface area is 94.2 Å². The molecular formula is C11H14N4O. The average Bonchev–Trinajstić information content (AvgIpc) is 2.26. The van der Waals surface area contributed by atoms with Gasteiger partial charge in [-0.25, -0.2) is 0 Å². The molecule has 0 radical (unpaired) electrons. The number of rotatable bonds is 4. The highest BCUT2D eigenvalue weighted by Crippen LogP contribution is 2.20. The second-order valence-corrected chi connectivity index (χ2v) is 3.47. The molecule has 1 aromatic carbocycles. The molecule has 0 unspecified atom stereocenters. The number of hydrogen-bond acceptors (Lipinski definition) is 4. The summed E-state index contributed by atoms with van der Waals surface area (Å²) in [7, 11) is 1.84. The van der Waals surface area contributed by atoms with E-state index < -0.39 is 5.91 Å². The molecule has 1 aromatic rings. The average molecular weight is 218 g/mol. The van der Waals surface area contributed by atoms with E-state index in [4.69, 9.17) is 16.7 Å². The lowest BCUT2D eigenvalue weighted by atomic mass is 10.1. The number of amides is 1. The Balaban J connectivity index is 2.94. The minimum atomic E-state index is -0.548. The van der Waals surface area contributed by atoms with Gasteiger partial charge in [0.25, 0.3) is 5.91 Å². The van der Waals surface area contributed by atoms with Gasteiger partial charge in [0.15, 0.2) is 0 Å². The predicted octanol–water partition coefficient (Wildman–Crippen LogP) is 0.718. The summed E-state index contributed by atoms with van der Waals surface area (Å²) in [5, 5.41) is 8.48. The Bertz CT molecular complexity index is 436. The first-order valence-electron chi connectivity index (χ1n) is 4.83. The SMILES string of the molecule is CN(CCC#N)c1ccc(N)c(C(N)=O)c1. The first kappa shape index (κ1) is 11.9. The van der Waals surface area contributed by atoms with Gasteiger partial charge in [0.1, 0.15) is 0 Å². The van der Waals surface area contributed by atoms with Crippen LogP contribution < -0.4 is 16.4 Å². The molecule has 5 nitrogen and oxygen atoms in total. The van der Waals surface area contributed by atoms with Crippen molar-refractivity contribution in [3.8, 4) is 6.07 Å². The number of primary amides is 1. The summed E-state index contributed by atoms with van der Waals surface area (Å²) in [5.41, 5.74) is 12.3. The molecule has 0 fully saturated rings. The third-order valence-corrected chi connectivity index (χ3v) is 2.30. The summed E-state index contributed by atoms with van der Waals surface area (Å²) >= 11 is 0. The van der Waals surface area contributed by atoms with Crippen LogP contribution in [0.25, 0.3) is 0 Å². The molecule has 0 saturated carbocycles. The minimum Gasteiger partial charge on any atom is -0.398 e. The van der Waals surface area contributed by atoms with Crippen molar-refractivity contribution in [1.82, 2.24) is 0 Å². The molecule has 0 spiro atoms. The molecule has 0 aliphatic heterocycles. The summed E-state index contributed by atoms with van der Waals surface area (Å²) in [6.07, 6.45) is 0.423. The molecule has 5 heteroatoms. The lowest BCUT2D eigenvalue weighted by Gasteiger charge is -2.18. The van der Waals surface area contributed by atoms with Crippen molar-refractivity contribution in [2.24, 2.45) is 5.73 Å². The molecule has 0 aliphatic rings. The third kappa shape index (κ3) is 2.64. The maximum atomic E-state index is 11.1. The fourth-order valence-electron chi connectivity index (χ4n) is 1.34. The highest BCUT2D eigenvalue weighted by Gasteiger charge is 2.08. The van der Waals surface area contributed by atoms with Gasteiger partial charge in [-0.3, -0.25) is 4.79 Å². The van der Waals surface area contributed by atoms with Crippen LogP contribution in [-0.2, 0) is 0 Å². The summed E-state index contributed by atoms with van der Waals surface area (Å²) in [6, 6.07) is 7.12. The summed E-state index contributed by atoms with van der Waals surface area (Å²) in [6.45, 7) is 0.596. The summed E-state index contributed by atoms with van der Waals surface area (Å²) in [5.74, 6) is -0.548. The van der Waals surface area contributed by atoms with E-state index in [0.717, 1.165) is 5.69 Å². The largest absolute Gasteiger partial charge is 0.398 e. The van der Waals surface area contributed by atoms with Crippen LogP contribution in [0.1, 0.15) is 16.8 Å². The number of hydrogen-bond donors (Lipinski definition) is 2. The number of nitrogens with zero attached hydrogens (tertiary/aromatic N) is 2. The van der Waals surface area contributed by atoms with Gasteiger partial charge >= 0.3 is 0 Å². The lowest BCUT2D eigenvalue weighted by molar-refractivity contribution is 0.100. The van der Waals surface area contributed by atoms with Gasteiger partial charge in [-0.15, -0.1) is 0 Å². The first-order chi connectivity index (χ1) is 7.56. The number of anilines is 2. The van der Waals surface area contributed by atoms with Crippen molar-refractivity contribution in [2.45, 2.75) is 6.42 Å². The highest BCUT2D eigenvalue weighted by atomic mass is 16.1. The van der Waals surface area contributed by atoms with Gasteiger partial charge in [-0.2, -0.15) is 5.26 Å². The van der Waals surface area contributed by atoms with E-state index in [1.807, 2.05) is 11.9 Å². The van der Waals surface area contributed by atoms with Gasteiger partial charge in [0, 0.05) is 25.0 Å². The number of nitrogen functional groups attached to an aromatic ring is 1. The van der Waals surface area contributed by atoms with Crippen molar-refractivity contribution in [3.63, 3.8) is 0 Å². The number of carbonyl (C=O) groups is 1. The maximum absolute atomic E-state index is 11.1. The molecule has 0 saturated heterocycles. The summed E-state index contributed by atoms with van der Waals surface area (Å²) in [4.78, 5) is 13.0. The molecule has 16 heavy (non-hydrogen) atoms. The first-order valence-corrected chi connectivity index (χ1v) is 4.83. The second kappa shape index (κ2) is 5.03. The Morgan fingerprint density at radius 1 is 1.56 bits per heavy atom. The number of nitriles is 1. The zero-order valence-corrected chi connectivity index (χ0v) is 9.10. The Hall–Kier alpha value is -2.22. The van der Waals surface area contributed by atoms with Crippen LogP contribution in [-0.4, -0.2) is 19.5 Å². The van der Waals surface area contributed by atoms with Crippen LogP contribution in [0.3, 0.4) is 0 Å². The molecule has 0 aliphatic carbocycles.